The third kappa shape index (κ3) is 3.40. The number of hydrogen-bond donors (Lipinski definition) is 1. The summed E-state index contributed by atoms with van der Waals surface area (Å²) in [5.41, 5.74) is 2.26. The summed E-state index contributed by atoms with van der Waals surface area (Å²) < 4.78 is 1.79. The molecule has 0 radical (unpaired) electrons. The van der Waals surface area contributed by atoms with E-state index in [9.17, 15) is 0 Å². The molecule has 4 heteroatoms. The van der Waals surface area contributed by atoms with Gasteiger partial charge in [0.15, 0.2) is 5.82 Å². The van der Waals surface area contributed by atoms with Crippen molar-refractivity contribution in [1.29, 1.82) is 0 Å². The first-order valence-electron chi connectivity index (χ1n) is 6.33. The van der Waals surface area contributed by atoms with Crippen LogP contribution in [-0.4, -0.2) is 21.3 Å². The lowest BCUT2D eigenvalue weighted by atomic mass is 10.2. The van der Waals surface area contributed by atoms with Crippen LogP contribution in [0.3, 0.4) is 0 Å². The van der Waals surface area contributed by atoms with Crippen molar-refractivity contribution in [1.82, 2.24) is 20.1 Å². The van der Waals surface area contributed by atoms with E-state index < -0.39 is 0 Å². The molecule has 0 spiro atoms. The molecule has 0 amide bonds. The van der Waals surface area contributed by atoms with E-state index in [1.165, 1.54) is 5.56 Å². The lowest BCUT2D eigenvalue weighted by Crippen LogP contribution is -2.19. The average Bonchev–Trinajstić information content (AvgIpc) is 2.81. The average molecular weight is 244 g/mol. The molecule has 0 fully saturated rings. The van der Waals surface area contributed by atoms with Crippen molar-refractivity contribution < 1.29 is 0 Å². The standard InChI is InChI=1S/C14H20N4/c1-11(2)9-15-10-13-7-12(3)17-14(8-13)18-6-4-5-16-18/h4-8,11,15H,9-10H2,1-3H3. The van der Waals surface area contributed by atoms with Gasteiger partial charge in [-0.05, 0) is 43.1 Å². The van der Waals surface area contributed by atoms with Gasteiger partial charge in [0, 0.05) is 24.6 Å². The molecule has 2 aromatic rings. The van der Waals surface area contributed by atoms with Crippen molar-refractivity contribution >= 4 is 0 Å². The summed E-state index contributed by atoms with van der Waals surface area (Å²) in [4.78, 5) is 4.49. The van der Waals surface area contributed by atoms with Gasteiger partial charge in [-0.15, -0.1) is 0 Å². The third-order valence-corrected chi connectivity index (χ3v) is 2.62. The molecule has 0 bridgehead atoms. The number of aryl methyl sites for hydroxylation is 1. The largest absolute Gasteiger partial charge is 0.312 e. The van der Waals surface area contributed by atoms with Gasteiger partial charge in [-0.25, -0.2) is 9.67 Å². The van der Waals surface area contributed by atoms with Crippen molar-refractivity contribution in [3.63, 3.8) is 0 Å². The number of nitrogens with zero attached hydrogens (tertiary/aromatic N) is 3. The van der Waals surface area contributed by atoms with Gasteiger partial charge in [0.25, 0.3) is 0 Å². The Labute approximate surface area is 108 Å². The van der Waals surface area contributed by atoms with Gasteiger partial charge in [0.05, 0.1) is 0 Å². The zero-order chi connectivity index (χ0) is 13.0. The molecular weight excluding hydrogens is 224 g/mol. The van der Waals surface area contributed by atoms with Crippen molar-refractivity contribution in [3.05, 3.63) is 41.9 Å². The van der Waals surface area contributed by atoms with Crippen LogP contribution >= 0.6 is 0 Å². The summed E-state index contributed by atoms with van der Waals surface area (Å²) in [5.74, 6) is 1.54. The zero-order valence-corrected chi connectivity index (χ0v) is 11.2. The normalized spacial score (nSPS) is 11.1. The van der Waals surface area contributed by atoms with Crippen LogP contribution in [0.15, 0.2) is 30.6 Å². The molecule has 0 aliphatic heterocycles. The molecule has 2 heterocycles. The highest BCUT2D eigenvalue weighted by molar-refractivity contribution is 5.30. The monoisotopic (exact) mass is 244 g/mol. The second kappa shape index (κ2) is 5.78. The molecule has 0 aliphatic rings. The van der Waals surface area contributed by atoms with Crippen molar-refractivity contribution in [2.24, 2.45) is 5.92 Å². The Morgan fingerprint density at radius 1 is 1.33 bits per heavy atom. The van der Waals surface area contributed by atoms with Crippen LogP contribution in [0.25, 0.3) is 5.82 Å². The lowest BCUT2D eigenvalue weighted by Gasteiger charge is -2.09. The molecule has 1 N–H and O–H groups in total. The van der Waals surface area contributed by atoms with Gasteiger partial charge in [0.1, 0.15) is 0 Å². The highest BCUT2D eigenvalue weighted by Gasteiger charge is 2.03. The summed E-state index contributed by atoms with van der Waals surface area (Å²) in [6, 6.07) is 6.09. The molecule has 0 aliphatic carbocycles. The smallest absolute Gasteiger partial charge is 0.153 e. The minimum absolute atomic E-state index is 0.665. The predicted molar refractivity (Wildman–Crippen MR) is 72.6 cm³/mol. The Hall–Kier alpha value is -1.68. The van der Waals surface area contributed by atoms with E-state index in [0.29, 0.717) is 5.92 Å². The number of rotatable bonds is 5. The van der Waals surface area contributed by atoms with Crippen LogP contribution in [0.5, 0.6) is 0 Å². The fraction of sp³-hybridized carbons (Fsp3) is 0.429. The quantitative estimate of drug-likeness (QED) is 0.877. The number of pyridine rings is 1. The van der Waals surface area contributed by atoms with E-state index in [2.05, 4.69) is 41.4 Å². The maximum Gasteiger partial charge on any atom is 0.153 e. The minimum atomic E-state index is 0.665. The summed E-state index contributed by atoms with van der Waals surface area (Å²) in [7, 11) is 0. The highest BCUT2D eigenvalue weighted by Crippen LogP contribution is 2.09. The van der Waals surface area contributed by atoms with Crippen LogP contribution in [0, 0.1) is 12.8 Å². The van der Waals surface area contributed by atoms with Crippen LogP contribution < -0.4 is 5.32 Å². The van der Waals surface area contributed by atoms with Gasteiger partial charge in [-0.2, -0.15) is 5.10 Å². The third-order valence-electron chi connectivity index (χ3n) is 2.62. The first-order chi connectivity index (χ1) is 8.65. The molecule has 0 unspecified atom stereocenters. The Balaban J connectivity index is 2.12. The van der Waals surface area contributed by atoms with Gasteiger partial charge in [-0.1, -0.05) is 13.8 Å². The van der Waals surface area contributed by atoms with E-state index in [0.717, 1.165) is 24.6 Å². The number of hydrogen-bond acceptors (Lipinski definition) is 3. The van der Waals surface area contributed by atoms with E-state index in [-0.39, 0.29) is 0 Å². The molecule has 0 saturated carbocycles. The summed E-state index contributed by atoms with van der Waals surface area (Å²) in [6.07, 6.45) is 3.67. The fourth-order valence-corrected chi connectivity index (χ4v) is 1.85. The van der Waals surface area contributed by atoms with Crippen molar-refractivity contribution in [2.45, 2.75) is 27.3 Å². The summed E-state index contributed by atoms with van der Waals surface area (Å²) in [5, 5.41) is 7.65. The highest BCUT2D eigenvalue weighted by atomic mass is 15.3. The fourth-order valence-electron chi connectivity index (χ4n) is 1.85. The van der Waals surface area contributed by atoms with Crippen LogP contribution in [0.1, 0.15) is 25.1 Å². The van der Waals surface area contributed by atoms with E-state index in [4.69, 9.17) is 0 Å². The minimum Gasteiger partial charge on any atom is -0.312 e. The Kier molecular flexibility index (Phi) is 4.10. The Morgan fingerprint density at radius 3 is 2.83 bits per heavy atom. The topological polar surface area (TPSA) is 42.7 Å². The van der Waals surface area contributed by atoms with Crippen LogP contribution in [0.4, 0.5) is 0 Å². The number of aromatic nitrogens is 3. The summed E-state index contributed by atoms with van der Waals surface area (Å²) >= 11 is 0. The van der Waals surface area contributed by atoms with Crippen LogP contribution in [-0.2, 0) is 6.54 Å². The predicted octanol–water partition coefficient (Wildman–Crippen LogP) is 2.32. The van der Waals surface area contributed by atoms with E-state index in [1.54, 1.807) is 10.9 Å². The lowest BCUT2D eigenvalue weighted by molar-refractivity contribution is 0.552. The molecule has 2 rings (SSSR count). The maximum atomic E-state index is 4.49. The SMILES string of the molecule is Cc1cc(CNCC(C)C)cc(-n2cccn2)n1. The van der Waals surface area contributed by atoms with Crippen LogP contribution in [0.2, 0.25) is 0 Å². The van der Waals surface area contributed by atoms with Crippen molar-refractivity contribution in [3.8, 4) is 5.82 Å². The first-order valence-corrected chi connectivity index (χ1v) is 6.33. The van der Waals surface area contributed by atoms with E-state index >= 15 is 0 Å². The van der Waals surface area contributed by atoms with Gasteiger partial charge < -0.3 is 5.32 Å². The van der Waals surface area contributed by atoms with Gasteiger partial charge in [-0.3, -0.25) is 0 Å². The Bertz CT molecular complexity index is 489. The molecule has 0 aromatic carbocycles. The molecule has 96 valence electrons. The summed E-state index contributed by atoms with van der Waals surface area (Å²) in [6.45, 7) is 8.33. The molecule has 0 saturated heterocycles. The molecule has 18 heavy (non-hydrogen) atoms. The van der Waals surface area contributed by atoms with Gasteiger partial charge in [0.2, 0.25) is 0 Å². The number of nitrogens with one attached hydrogen (secondary N) is 1. The maximum absolute atomic E-state index is 4.49. The molecule has 4 nitrogen and oxygen atoms in total. The van der Waals surface area contributed by atoms with E-state index in [1.807, 2.05) is 19.2 Å². The molecular formula is C14H20N4. The Morgan fingerprint density at radius 2 is 2.17 bits per heavy atom. The second-order valence-electron chi connectivity index (χ2n) is 4.95. The molecule has 2 aromatic heterocycles. The van der Waals surface area contributed by atoms with Gasteiger partial charge >= 0.3 is 0 Å². The van der Waals surface area contributed by atoms with Crippen molar-refractivity contribution in [2.75, 3.05) is 6.54 Å². The molecule has 0 atom stereocenters. The first kappa shape index (κ1) is 12.8. The second-order valence-corrected chi connectivity index (χ2v) is 4.95. The zero-order valence-electron chi connectivity index (χ0n) is 11.2.